The van der Waals surface area contributed by atoms with Gasteiger partial charge in [0.15, 0.2) is 5.82 Å². The molecule has 0 radical (unpaired) electrons. The summed E-state index contributed by atoms with van der Waals surface area (Å²) in [5.74, 6) is -0.512. The first-order valence-electron chi connectivity index (χ1n) is 28.0. The SMILES string of the molecule is CC(C)n1cnc2cc(-c3ccc4c(c3)N(C3CC(N5CCCCC5)C3)C(=O)C43CCN(C(=O)C4(C)CCN(C(=O)C5CCN(c6ccc([C@H]7CCC(=O)NC7=O)nc6)CC5)CC4)CC3)nc(Nc3ccccc3F)c21. The number of halogens is 1. The van der Waals surface area contributed by atoms with E-state index < -0.39 is 16.7 Å². The third kappa shape index (κ3) is 8.98. The van der Waals surface area contributed by atoms with Crippen LogP contribution in [0.15, 0.2) is 73.2 Å². The predicted octanol–water partition coefficient (Wildman–Crippen LogP) is 8.25. The van der Waals surface area contributed by atoms with Crippen molar-refractivity contribution in [3.05, 3.63) is 90.3 Å². The highest BCUT2D eigenvalue weighted by Gasteiger charge is 2.56. The number of rotatable bonds is 10. The maximum absolute atomic E-state index is 15.4. The molecule has 1 spiro atoms. The minimum absolute atomic E-state index is 0.0745. The van der Waals surface area contributed by atoms with E-state index in [1.807, 2.05) is 32.6 Å². The summed E-state index contributed by atoms with van der Waals surface area (Å²) < 4.78 is 17.2. The van der Waals surface area contributed by atoms with Crippen molar-refractivity contribution in [1.29, 1.82) is 0 Å². The lowest BCUT2D eigenvalue weighted by Gasteiger charge is -2.48. The van der Waals surface area contributed by atoms with Gasteiger partial charge in [0, 0.05) is 86.4 Å². The molecular formula is C59H70FN11O5. The summed E-state index contributed by atoms with van der Waals surface area (Å²) in [7, 11) is 0. The van der Waals surface area contributed by atoms with Gasteiger partial charge in [0.1, 0.15) is 11.3 Å². The molecule has 6 fully saturated rings. The zero-order valence-electron chi connectivity index (χ0n) is 44.1. The molecule has 2 aromatic carbocycles. The number of imidazole rings is 1. The van der Waals surface area contributed by atoms with Gasteiger partial charge in [0.05, 0.1) is 52.1 Å². The molecule has 6 aliphatic heterocycles. The molecule has 2 N–H and O–H groups in total. The van der Waals surface area contributed by atoms with Crippen LogP contribution in [0.5, 0.6) is 0 Å². The average Bonchev–Trinajstić information content (AvgIpc) is 4.18. The lowest BCUT2D eigenvalue weighted by molar-refractivity contribution is -0.150. The minimum atomic E-state index is -0.756. The van der Waals surface area contributed by atoms with Gasteiger partial charge in [-0.05, 0) is 140 Å². The van der Waals surface area contributed by atoms with E-state index in [4.69, 9.17) is 9.97 Å². The monoisotopic (exact) mass is 1030 g/mol. The number of hydrogen-bond acceptors (Lipinski definition) is 11. The number of piperidine rings is 5. The molecule has 76 heavy (non-hydrogen) atoms. The molecule has 9 heterocycles. The van der Waals surface area contributed by atoms with Gasteiger partial charge in [-0.2, -0.15) is 0 Å². The van der Waals surface area contributed by atoms with Crippen molar-refractivity contribution in [3.8, 4) is 11.3 Å². The number of carbonyl (C=O) groups is 5. The number of para-hydroxylation sites is 1. The van der Waals surface area contributed by atoms with Gasteiger partial charge in [-0.3, -0.25) is 34.3 Å². The molecule has 12 rings (SSSR count). The Morgan fingerprint density at radius 1 is 0.803 bits per heavy atom. The number of pyridine rings is 2. The maximum atomic E-state index is 15.4. The summed E-state index contributed by atoms with van der Waals surface area (Å²) in [4.78, 5) is 93.5. The second kappa shape index (κ2) is 20.0. The summed E-state index contributed by atoms with van der Waals surface area (Å²) in [6.07, 6.45) is 13.7. The molecule has 1 aliphatic carbocycles. The van der Waals surface area contributed by atoms with Crippen LogP contribution in [0.4, 0.5) is 27.3 Å². The molecule has 16 nitrogen and oxygen atoms in total. The second-order valence-corrected chi connectivity index (χ2v) is 23.3. The number of anilines is 4. The number of carbonyl (C=O) groups excluding carboxylic acids is 5. The minimum Gasteiger partial charge on any atom is -0.370 e. The van der Waals surface area contributed by atoms with Gasteiger partial charge >= 0.3 is 0 Å². The van der Waals surface area contributed by atoms with E-state index in [0.717, 1.165) is 85.4 Å². The van der Waals surface area contributed by atoms with Gasteiger partial charge in [0.25, 0.3) is 0 Å². The van der Waals surface area contributed by atoms with E-state index >= 15 is 9.18 Å². The van der Waals surface area contributed by atoms with Crippen molar-refractivity contribution in [2.24, 2.45) is 11.3 Å². The van der Waals surface area contributed by atoms with Crippen LogP contribution >= 0.6 is 0 Å². The van der Waals surface area contributed by atoms with Crippen molar-refractivity contribution in [2.75, 3.05) is 67.5 Å². The van der Waals surface area contributed by atoms with Crippen LogP contribution < -0.4 is 20.4 Å². The fraction of sp³-hybridized carbons (Fsp3) is 0.525. The smallest absolute Gasteiger partial charge is 0.238 e. The van der Waals surface area contributed by atoms with Crippen LogP contribution in [-0.4, -0.2) is 128 Å². The van der Waals surface area contributed by atoms with E-state index in [2.05, 4.69) is 69.3 Å². The molecule has 7 aliphatic rings. The van der Waals surface area contributed by atoms with E-state index in [9.17, 15) is 19.2 Å². The first kappa shape index (κ1) is 50.1. The normalized spacial score (nSPS) is 24.0. The zero-order chi connectivity index (χ0) is 52.5. The average molecular weight is 1030 g/mol. The Bertz CT molecular complexity index is 3070. The molecule has 3 aromatic heterocycles. The Morgan fingerprint density at radius 2 is 1.54 bits per heavy atom. The molecule has 5 aromatic rings. The third-order valence-electron chi connectivity index (χ3n) is 18.5. The molecule has 17 heteroatoms. The summed E-state index contributed by atoms with van der Waals surface area (Å²) in [6.45, 7) is 11.9. The molecule has 1 saturated carbocycles. The van der Waals surface area contributed by atoms with Crippen LogP contribution in [0.2, 0.25) is 0 Å². The number of imide groups is 1. The first-order valence-corrected chi connectivity index (χ1v) is 28.0. The van der Waals surface area contributed by atoms with Crippen LogP contribution in [0.3, 0.4) is 0 Å². The van der Waals surface area contributed by atoms with Gasteiger partial charge in [-0.1, -0.05) is 37.6 Å². The summed E-state index contributed by atoms with van der Waals surface area (Å²) in [6, 6.07) is 19.4. The fourth-order valence-electron chi connectivity index (χ4n) is 13.6. The van der Waals surface area contributed by atoms with Crippen LogP contribution in [0.25, 0.3) is 22.3 Å². The highest BCUT2D eigenvalue weighted by molar-refractivity contribution is 6.10. The quantitative estimate of drug-likeness (QED) is 0.129. The van der Waals surface area contributed by atoms with E-state index in [1.54, 1.807) is 30.7 Å². The number of likely N-dealkylation sites (tertiary alicyclic amines) is 3. The highest BCUT2D eigenvalue weighted by atomic mass is 19.1. The number of nitrogens with one attached hydrogen (secondary N) is 2. The van der Waals surface area contributed by atoms with Crippen LogP contribution in [0.1, 0.15) is 127 Å². The van der Waals surface area contributed by atoms with Gasteiger partial charge in [-0.25, -0.2) is 14.4 Å². The fourth-order valence-corrected chi connectivity index (χ4v) is 13.6. The summed E-state index contributed by atoms with van der Waals surface area (Å²) in [5.41, 5.74) is 5.56. The van der Waals surface area contributed by atoms with Gasteiger partial charge < -0.3 is 34.4 Å². The Balaban J connectivity index is 0.722. The molecule has 1 atom stereocenters. The van der Waals surface area contributed by atoms with Crippen molar-refractivity contribution >= 4 is 63.4 Å². The van der Waals surface area contributed by atoms with Crippen LogP contribution in [0, 0.1) is 17.2 Å². The highest BCUT2D eigenvalue weighted by Crippen LogP contribution is 2.53. The largest absolute Gasteiger partial charge is 0.370 e. The molecule has 0 unspecified atom stereocenters. The first-order chi connectivity index (χ1) is 36.8. The third-order valence-corrected chi connectivity index (χ3v) is 18.5. The van der Waals surface area contributed by atoms with E-state index in [-0.39, 0.29) is 53.4 Å². The van der Waals surface area contributed by atoms with Gasteiger partial charge in [0.2, 0.25) is 29.5 Å². The molecule has 0 bridgehead atoms. The number of amides is 5. The van der Waals surface area contributed by atoms with Crippen molar-refractivity contribution in [2.45, 2.75) is 134 Å². The maximum Gasteiger partial charge on any atom is 0.238 e. The number of aromatic nitrogens is 4. The zero-order valence-corrected chi connectivity index (χ0v) is 44.1. The molecular weight excluding hydrogens is 962 g/mol. The number of nitrogens with zero attached hydrogens (tertiary/aromatic N) is 9. The topological polar surface area (TPSA) is 169 Å². The van der Waals surface area contributed by atoms with Crippen molar-refractivity contribution < 1.29 is 28.4 Å². The molecule has 5 saturated heterocycles. The standard InChI is InChI=1S/C59H70FN11O5/c1-37(2)70-36-62-49-34-48(64-53(52(49)70)63-47-10-6-5-9-45(47)60)39-11-14-44-50(31-39)71(42-32-41(33-42)66-23-7-4-8-24-66)57(76)59(44)21-29-69(30-22-59)56(75)58(3)19-27-68(28-20-58)55(74)38-17-25-67(26-18-38)40-12-15-46(61-35-40)43-13-16-51(72)65-54(43)73/h5-6,9-12,14-15,31,34-38,41-43H,4,7-8,13,16-30,32-33H2,1-3H3,(H,63,64)(H,65,72,73)/t41?,42?,43-/m1/s1. The van der Waals surface area contributed by atoms with Crippen LogP contribution in [-0.2, 0) is 29.4 Å². The Morgan fingerprint density at radius 3 is 2.24 bits per heavy atom. The lowest BCUT2D eigenvalue weighted by Crippen LogP contribution is -2.59. The lowest BCUT2D eigenvalue weighted by atomic mass is 9.72. The van der Waals surface area contributed by atoms with Gasteiger partial charge in [-0.15, -0.1) is 0 Å². The Kier molecular flexibility index (Phi) is 13.2. The molecule has 5 amide bonds. The summed E-state index contributed by atoms with van der Waals surface area (Å²) in [5, 5.41) is 5.70. The van der Waals surface area contributed by atoms with E-state index in [0.29, 0.717) is 93.6 Å². The number of fused-ring (bicyclic) bond motifs is 3. The Labute approximate surface area is 443 Å². The Hall–Kier alpha value is -6.75. The second-order valence-electron chi connectivity index (χ2n) is 23.3. The van der Waals surface area contributed by atoms with Crippen molar-refractivity contribution in [3.63, 3.8) is 0 Å². The predicted molar refractivity (Wildman–Crippen MR) is 288 cm³/mol. The van der Waals surface area contributed by atoms with E-state index in [1.165, 1.54) is 25.3 Å². The number of benzene rings is 2. The summed E-state index contributed by atoms with van der Waals surface area (Å²) >= 11 is 0. The van der Waals surface area contributed by atoms with Crippen molar-refractivity contribution in [1.82, 2.24) is 39.5 Å². The molecule has 398 valence electrons. The number of hydrogen-bond donors (Lipinski definition) is 2.